The third-order valence-electron chi connectivity index (χ3n) is 4.58. The largest absolute Gasteiger partial charge is 0.461 e. The van der Waals surface area contributed by atoms with Crippen LogP contribution >= 0.6 is 0 Å². The van der Waals surface area contributed by atoms with Gasteiger partial charge in [0.15, 0.2) is 11.6 Å². The highest BCUT2D eigenvalue weighted by molar-refractivity contribution is 6.08. The molecule has 3 heterocycles. The summed E-state index contributed by atoms with van der Waals surface area (Å²) >= 11 is 0. The molecule has 0 spiro atoms. The molecule has 1 aromatic carbocycles. The smallest absolute Gasteiger partial charge is 0.427 e. The van der Waals surface area contributed by atoms with Crippen molar-refractivity contribution in [3.05, 3.63) is 80.9 Å². The number of aromatic nitrogens is 2. The summed E-state index contributed by atoms with van der Waals surface area (Å²) < 4.78 is 89.9. The molecule has 0 atom stereocenters. The normalized spacial score (nSPS) is 15.7. The number of hydrogen-bond acceptors (Lipinski definition) is 5. The SMILES string of the molecule is O=c1[nH]c(=O)n(-c2ccccc2)c2c1C(C(F)(F)F)(C(F)(F)F)N=C(c1ccco1)N2. The van der Waals surface area contributed by atoms with Gasteiger partial charge in [0.25, 0.3) is 11.1 Å². The molecule has 0 saturated heterocycles. The van der Waals surface area contributed by atoms with Crippen LogP contribution in [0.1, 0.15) is 11.3 Å². The number of anilines is 1. The van der Waals surface area contributed by atoms with Gasteiger partial charge in [-0.25, -0.2) is 14.4 Å². The van der Waals surface area contributed by atoms with E-state index in [1.54, 1.807) is 0 Å². The van der Waals surface area contributed by atoms with Crippen LogP contribution in [0.15, 0.2) is 67.7 Å². The Kier molecular flexibility index (Phi) is 4.38. The van der Waals surface area contributed by atoms with Gasteiger partial charge in [0, 0.05) is 0 Å². The van der Waals surface area contributed by atoms with Gasteiger partial charge in [-0.2, -0.15) is 26.3 Å². The second-order valence-electron chi connectivity index (χ2n) is 6.42. The molecule has 13 heteroatoms. The van der Waals surface area contributed by atoms with E-state index < -0.39 is 52.1 Å². The molecule has 0 bridgehead atoms. The minimum Gasteiger partial charge on any atom is -0.461 e. The van der Waals surface area contributed by atoms with Gasteiger partial charge < -0.3 is 9.73 Å². The molecule has 4 rings (SSSR count). The highest BCUT2D eigenvalue weighted by Gasteiger charge is 2.75. The van der Waals surface area contributed by atoms with Crippen LogP contribution in [0, 0.1) is 0 Å². The zero-order chi connectivity index (χ0) is 22.6. The molecule has 0 amide bonds. The minimum absolute atomic E-state index is 0.0913. The third kappa shape index (κ3) is 2.95. The summed E-state index contributed by atoms with van der Waals surface area (Å²) in [5.74, 6) is -2.45. The maximum atomic E-state index is 14.1. The van der Waals surface area contributed by atoms with Crippen molar-refractivity contribution >= 4 is 11.7 Å². The number of alkyl halides is 6. The molecular formula is C18H10F6N4O3. The van der Waals surface area contributed by atoms with Crippen molar-refractivity contribution < 1.29 is 30.8 Å². The van der Waals surface area contributed by atoms with Gasteiger partial charge in [-0.05, 0) is 24.3 Å². The van der Waals surface area contributed by atoms with Gasteiger partial charge in [-0.3, -0.25) is 9.78 Å². The lowest BCUT2D eigenvalue weighted by molar-refractivity contribution is -0.301. The van der Waals surface area contributed by atoms with Crippen LogP contribution in [0.3, 0.4) is 0 Å². The molecule has 7 nitrogen and oxygen atoms in total. The number of H-pyrrole nitrogens is 1. The van der Waals surface area contributed by atoms with Crippen molar-refractivity contribution in [2.24, 2.45) is 4.99 Å². The number of fused-ring (bicyclic) bond motifs is 1. The number of amidine groups is 1. The number of aromatic amines is 1. The summed E-state index contributed by atoms with van der Waals surface area (Å²) in [6.07, 6.45) is -11.2. The molecule has 0 fully saturated rings. The first-order valence-electron chi connectivity index (χ1n) is 8.47. The molecule has 0 aliphatic carbocycles. The summed E-state index contributed by atoms with van der Waals surface area (Å²) in [6, 6.07) is 9.17. The van der Waals surface area contributed by atoms with Crippen molar-refractivity contribution in [1.29, 1.82) is 0 Å². The first-order valence-corrected chi connectivity index (χ1v) is 8.47. The average Bonchev–Trinajstić information content (AvgIpc) is 3.21. The van der Waals surface area contributed by atoms with Crippen molar-refractivity contribution in [2.45, 2.75) is 17.9 Å². The van der Waals surface area contributed by atoms with Crippen molar-refractivity contribution in [3.8, 4) is 5.69 Å². The number of hydrogen-bond donors (Lipinski definition) is 2. The van der Waals surface area contributed by atoms with Crippen molar-refractivity contribution in [1.82, 2.24) is 9.55 Å². The Morgan fingerprint density at radius 3 is 2.13 bits per heavy atom. The van der Waals surface area contributed by atoms with Crippen LogP contribution in [0.2, 0.25) is 0 Å². The van der Waals surface area contributed by atoms with E-state index in [9.17, 15) is 35.9 Å². The lowest BCUT2D eigenvalue weighted by atomic mass is 9.88. The molecule has 0 saturated carbocycles. The van der Waals surface area contributed by atoms with Crippen molar-refractivity contribution in [2.75, 3.05) is 5.32 Å². The first-order chi connectivity index (χ1) is 14.5. The van der Waals surface area contributed by atoms with E-state index in [0.717, 1.165) is 12.3 Å². The monoisotopic (exact) mass is 444 g/mol. The van der Waals surface area contributed by atoms with Gasteiger partial charge >= 0.3 is 18.0 Å². The lowest BCUT2D eigenvalue weighted by Gasteiger charge is -2.38. The maximum absolute atomic E-state index is 14.1. The zero-order valence-electron chi connectivity index (χ0n) is 15.0. The summed E-state index contributed by atoms with van der Waals surface area (Å²) in [5.41, 5.74) is -9.99. The zero-order valence-corrected chi connectivity index (χ0v) is 15.0. The second-order valence-corrected chi connectivity index (χ2v) is 6.42. The fourth-order valence-corrected chi connectivity index (χ4v) is 3.28. The Balaban J connectivity index is 2.19. The molecule has 0 radical (unpaired) electrons. The first kappa shape index (κ1) is 20.5. The van der Waals surface area contributed by atoms with E-state index in [1.165, 1.54) is 41.4 Å². The quantitative estimate of drug-likeness (QED) is 0.594. The van der Waals surface area contributed by atoms with Gasteiger partial charge in [0.2, 0.25) is 0 Å². The third-order valence-corrected chi connectivity index (χ3v) is 4.58. The van der Waals surface area contributed by atoms with Gasteiger partial charge in [0.05, 0.1) is 12.0 Å². The van der Waals surface area contributed by atoms with Gasteiger partial charge in [-0.15, -0.1) is 0 Å². The minimum atomic E-state index is -6.09. The van der Waals surface area contributed by atoms with E-state index in [1.807, 2.05) is 0 Å². The molecule has 0 unspecified atom stereocenters. The van der Waals surface area contributed by atoms with Crippen molar-refractivity contribution in [3.63, 3.8) is 0 Å². The number of nitrogens with one attached hydrogen (secondary N) is 2. The predicted molar refractivity (Wildman–Crippen MR) is 95.3 cm³/mol. The second kappa shape index (κ2) is 6.62. The van der Waals surface area contributed by atoms with E-state index in [4.69, 9.17) is 4.42 Å². The Bertz CT molecular complexity index is 1260. The Hall–Kier alpha value is -3.77. The molecule has 1 aliphatic rings. The van der Waals surface area contributed by atoms with Crippen LogP contribution in [-0.4, -0.2) is 27.7 Å². The maximum Gasteiger partial charge on any atom is 0.427 e. The number of para-hydroxylation sites is 1. The average molecular weight is 444 g/mol. The van der Waals surface area contributed by atoms with Crippen LogP contribution < -0.4 is 16.6 Å². The summed E-state index contributed by atoms with van der Waals surface area (Å²) in [4.78, 5) is 29.3. The Labute approximate surface area is 167 Å². The number of halogens is 6. The van der Waals surface area contributed by atoms with Gasteiger partial charge in [-0.1, -0.05) is 18.2 Å². The Morgan fingerprint density at radius 1 is 0.935 bits per heavy atom. The number of nitrogens with zero attached hydrogens (tertiary/aromatic N) is 2. The highest BCUT2D eigenvalue weighted by Crippen LogP contribution is 2.55. The fraction of sp³-hybridized carbons (Fsp3) is 0.167. The van der Waals surface area contributed by atoms with E-state index in [-0.39, 0.29) is 5.69 Å². The number of rotatable bonds is 2. The molecule has 1 aliphatic heterocycles. The van der Waals surface area contributed by atoms with E-state index >= 15 is 0 Å². The molecular weight excluding hydrogens is 434 g/mol. The highest BCUT2D eigenvalue weighted by atomic mass is 19.4. The fourth-order valence-electron chi connectivity index (χ4n) is 3.28. The molecule has 162 valence electrons. The standard InChI is InChI=1S/C18H10F6N4O3/c19-17(20,21)16(18(22,23)24)11-13(25-12(27-16)10-7-4-8-31-10)28(15(30)26-14(11)29)9-5-2-1-3-6-9/h1-8H,(H,25,27)(H,26,29,30). The summed E-state index contributed by atoms with van der Waals surface area (Å²) in [5, 5.41) is 2.25. The summed E-state index contributed by atoms with van der Waals surface area (Å²) in [6.45, 7) is 0. The molecule has 31 heavy (non-hydrogen) atoms. The number of aliphatic imine (C=N–C) groups is 1. The van der Waals surface area contributed by atoms with Crippen LogP contribution in [0.25, 0.3) is 5.69 Å². The molecule has 2 N–H and O–H groups in total. The number of benzene rings is 1. The predicted octanol–water partition coefficient (Wildman–Crippen LogP) is 3.31. The van der Waals surface area contributed by atoms with E-state index in [2.05, 4.69) is 10.3 Å². The molecule has 2 aromatic heterocycles. The van der Waals surface area contributed by atoms with Gasteiger partial charge in [0.1, 0.15) is 11.4 Å². The van der Waals surface area contributed by atoms with Crippen LogP contribution in [-0.2, 0) is 5.54 Å². The topological polar surface area (TPSA) is 92.4 Å². The number of furan rings is 1. The van der Waals surface area contributed by atoms with Crippen LogP contribution in [0.4, 0.5) is 32.2 Å². The lowest BCUT2D eigenvalue weighted by Crippen LogP contribution is -2.59. The summed E-state index contributed by atoms with van der Waals surface area (Å²) in [7, 11) is 0. The molecule has 3 aromatic rings. The van der Waals surface area contributed by atoms with E-state index in [0.29, 0.717) is 4.57 Å². The van der Waals surface area contributed by atoms with Crippen LogP contribution in [0.5, 0.6) is 0 Å². The Morgan fingerprint density at radius 2 is 1.58 bits per heavy atom.